The third kappa shape index (κ3) is 5.17. The molecule has 132 valence electrons. The van der Waals surface area contributed by atoms with E-state index in [2.05, 4.69) is 32.6 Å². The molecule has 0 fully saturated rings. The zero-order chi connectivity index (χ0) is 17.5. The molecule has 0 radical (unpaired) electrons. The fourth-order valence-electron chi connectivity index (χ4n) is 2.05. The largest absolute Gasteiger partial charge is 0.497 e. The Morgan fingerprint density at radius 2 is 2.24 bits per heavy atom. The van der Waals surface area contributed by atoms with E-state index < -0.39 is 0 Å². The summed E-state index contributed by atoms with van der Waals surface area (Å²) in [6, 6.07) is 7.67. The number of ether oxygens (including phenoxy) is 1. The lowest BCUT2D eigenvalue weighted by Crippen LogP contribution is -1.90. The molecule has 3 aromatic rings. The molecule has 0 aliphatic carbocycles. The summed E-state index contributed by atoms with van der Waals surface area (Å²) >= 11 is 3.01. The van der Waals surface area contributed by atoms with Crippen LogP contribution >= 0.6 is 23.1 Å². The molecular formula is C16H19N5O2S2. The topological polar surface area (TPSA) is 86.0 Å². The van der Waals surface area contributed by atoms with Crippen LogP contribution in [-0.4, -0.2) is 27.4 Å². The highest BCUT2D eigenvalue weighted by Crippen LogP contribution is 2.30. The van der Waals surface area contributed by atoms with Gasteiger partial charge in [-0.1, -0.05) is 47.7 Å². The maximum atomic E-state index is 5.26. The normalized spacial score (nSPS) is 10.8. The van der Waals surface area contributed by atoms with Crippen LogP contribution in [0.5, 0.6) is 5.75 Å². The maximum Gasteiger partial charge on any atom is 0.237 e. The van der Waals surface area contributed by atoms with Gasteiger partial charge in [0.25, 0.3) is 0 Å². The van der Waals surface area contributed by atoms with Gasteiger partial charge in [0.15, 0.2) is 10.2 Å². The van der Waals surface area contributed by atoms with E-state index in [0.717, 1.165) is 46.0 Å². The van der Waals surface area contributed by atoms with Crippen molar-refractivity contribution in [2.24, 2.45) is 0 Å². The van der Waals surface area contributed by atoms with Gasteiger partial charge < -0.3 is 14.6 Å². The lowest BCUT2D eigenvalue weighted by atomic mass is 10.2. The molecule has 25 heavy (non-hydrogen) atoms. The monoisotopic (exact) mass is 377 g/mol. The van der Waals surface area contributed by atoms with Crippen molar-refractivity contribution >= 4 is 33.9 Å². The van der Waals surface area contributed by atoms with Crippen molar-refractivity contribution in [3.8, 4) is 5.75 Å². The smallest absolute Gasteiger partial charge is 0.237 e. The molecule has 0 aliphatic rings. The summed E-state index contributed by atoms with van der Waals surface area (Å²) in [5.41, 5.74) is 0.907. The molecule has 0 spiro atoms. The Balaban J connectivity index is 1.53. The summed E-state index contributed by atoms with van der Waals surface area (Å²) < 4.78 is 11.3. The predicted molar refractivity (Wildman–Crippen MR) is 98.7 cm³/mol. The Morgan fingerprint density at radius 3 is 3.08 bits per heavy atom. The highest BCUT2D eigenvalue weighted by Gasteiger charge is 2.10. The summed E-state index contributed by atoms with van der Waals surface area (Å²) in [6.07, 6.45) is 3.05. The fourth-order valence-corrected chi connectivity index (χ4v) is 3.66. The summed E-state index contributed by atoms with van der Waals surface area (Å²) in [6.45, 7) is 2.14. The second-order valence-electron chi connectivity index (χ2n) is 5.23. The Kier molecular flexibility index (Phi) is 6.24. The molecule has 0 aliphatic heterocycles. The maximum absolute atomic E-state index is 5.26. The average molecular weight is 377 g/mol. The summed E-state index contributed by atoms with van der Waals surface area (Å²) in [4.78, 5) is 4.38. The van der Waals surface area contributed by atoms with Gasteiger partial charge in [-0.3, -0.25) is 0 Å². The van der Waals surface area contributed by atoms with Crippen LogP contribution in [0.1, 0.15) is 31.5 Å². The molecule has 9 heteroatoms. The Morgan fingerprint density at radius 1 is 1.32 bits per heavy atom. The van der Waals surface area contributed by atoms with E-state index in [-0.39, 0.29) is 0 Å². The van der Waals surface area contributed by atoms with Crippen LogP contribution in [0.2, 0.25) is 0 Å². The van der Waals surface area contributed by atoms with Gasteiger partial charge in [-0.2, -0.15) is 4.98 Å². The number of aromatic nitrogens is 4. The minimum Gasteiger partial charge on any atom is -0.497 e. The van der Waals surface area contributed by atoms with Gasteiger partial charge in [0.2, 0.25) is 11.0 Å². The molecule has 0 amide bonds. The van der Waals surface area contributed by atoms with Crippen LogP contribution in [-0.2, 0) is 12.2 Å². The second kappa shape index (κ2) is 8.82. The fraction of sp³-hybridized carbons (Fsp3) is 0.375. The first-order valence-electron chi connectivity index (χ1n) is 7.95. The van der Waals surface area contributed by atoms with Gasteiger partial charge >= 0.3 is 0 Å². The van der Waals surface area contributed by atoms with Crippen LogP contribution in [0.4, 0.5) is 10.8 Å². The summed E-state index contributed by atoms with van der Waals surface area (Å²) in [7, 11) is 1.64. The Labute approximate surface area is 154 Å². The van der Waals surface area contributed by atoms with Crippen molar-refractivity contribution in [2.75, 3.05) is 12.4 Å². The van der Waals surface area contributed by atoms with E-state index in [1.807, 2.05) is 24.3 Å². The number of hydrogen-bond donors (Lipinski definition) is 1. The first-order chi connectivity index (χ1) is 12.3. The van der Waals surface area contributed by atoms with Crippen molar-refractivity contribution in [2.45, 2.75) is 36.3 Å². The third-order valence-electron chi connectivity index (χ3n) is 3.31. The minimum atomic E-state index is 0.590. The van der Waals surface area contributed by atoms with Gasteiger partial charge in [0.05, 0.1) is 12.9 Å². The number of rotatable bonds is 9. The number of unbranched alkanes of at least 4 members (excludes halogenated alkanes) is 1. The number of thioether (sulfide) groups is 1. The molecule has 1 N–H and O–H groups in total. The molecule has 2 heterocycles. The molecule has 3 rings (SSSR count). The Bertz CT molecular complexity index is 805. The van der Waals surface area contributed by atoms with Crippen molar-refractivity contribution < 1.29 is 9.26 Å². The zero-order valence-electron chi connectivity index (χ0n) is 14.1. The quantitative estimate of drug-likeness (QED) is 0.552. The molecule has 0 atom stereocenters. The van der Waals surface area contributed by atoms with Gasteiger partial charge in [-0.05, 0) is 18.6 Å². The standard InChI is InChI=1S/C16H19N5O2S2/c1-3-4-8-13-18-14(23-21-13)10-24-16-20-19-15(25-16)17-11-6-5-7-12(9-11)22-2/h5-7,9H,3-4,8,10H2,1-2H3,(H,17,19). The Hall–Kier alpha value is -2.13. The van der Waals surface area contributed by atoms with Gasteiger partial charge in [0.1, 0.15) is 5.75 Å². The van der Waals surface area contributed by atoms with E-state index in [4.69, 9.17) is 9.26 Å². The van der Waals surface area contributed by atoms with Crippen molar-refractivity contribution in [3.63, 3.8) is 0 Å². The number of methoxy groups -OCH3 is 1. The van der Waals surface area contributed by atoms with Crippen LogP contribution in [0, 0.1) is 0 Å². The van der Waals surface area contributed by atoms with Gasteiger partial charge in [0, 0.05) is 18.2 Å². The van der Waals surface area contributed by atoms with Gasteiger partial charge in [-0.25, -0.2) is 0 Å². The number of benzene rings is 1. The first kappa shape index (κ1) is 17.7. The number of nitrogens with one attached hydrogen (secondary N) is 1. The van der Waals surface area contributed by atoms with E-state index in [1.165, 1.54) is 23.1 Å². The SMILES string of the molecule is CCCCc1noc(CSc2nnc(Nc3cccc(OC)c3)s2)n1. The highest BCUT2D eigenvalue weighted by molar-refractivity contribution is 8.00. The summed E-state index contributed by atoms with van der Waals surface area (Å²) in [5, 5.41) is 16.3. The molecule has 0 bridgehead atoms. The second-order valence-corrected chi connectivity index (χ2v) is 7.43. The van der Waals surface area contributed by atoms with Crippen molar-refractivity contribution in [1.29, 1.82) is 0 Å². The number of hydrogen-bond acceptors (Lipinski definition) is 9. The molecule has 0 saturated heterocycles. The van der Waals surface area contributed by atoms with Crippen LogP contribution in [0.3, 0.4) is 0 Å². The summed E-state index contributed by atoms with van der Waals surface area (Å²) in [5.74, 6) is 2.77. The van der Waals surface area contributed by atoms with Gasteiger partial charge in [-0.15, -0.1) is 10.2 Å². The van der Waals surface area contributed by atoms with Crippen LogP contribution < -0.4 is 10.1 Å². The highest BCUT2D eigenvalue weighted by atomic mass is 32.2. The number of nitrogens with zero attached hydrogens (tertiary/aromatic N) is 4. The predicted octanol–water partition coefficient (Wildman–Crippen LogP) is 4.31. The molecule has 7 nitrogen and oxygen atoms in total. The lowest BCUT2D eigenvalue weighted by molar-refractivity contribution is 0.384. The zero-order valence-corrected chi connectivity index (χ0v) is 15.7. The minimum absolute atomic E-state index is 0.590. The van der Waals surface area contributed by atoms with Crippen LogP contribution in [0.15, 0.2) is 33.1 Å². The van der Waals surface area contributed by atoms with Crippen molar-refractivity contribution in [1.82, 2.24) is 20.3 Å². The number of anilines is 2. The van der Waals surface area contributed by atoms with Crippen molar-refractivity contribution in [3.05, 3.63) is 36.0 Å². The molecule has 0 saturated carbocycles. The molecular weight excluding hydrogens is 358 g/mol. The van der Waals surface area contributed by atoms with E-state index in [0.29, 0.717) is 11.6 Å². The lowest BCUT2D eigenvalue weighted by Gasteiger charge is -2.04. The number of aryl methyl sites for hydroxylation is 1. The van der Waals surface area contributed by atoms with Crippen LogP contribution in [0.25, 0.3) is 0 Å². The van der Waals surface area contributed by atoms with E-state index >= 15 is 0 Å². The van der Waals surface area contributed by atoms with E-state index in [9.17, 15) is 0 Å². The first-order valence-corrected chi connectivity index (χ1v) is 9.76. The van der Waals surface area contributed by atoms with E-state index in [1.54, 1.807) is 7.11 Å². The molecule has 0 unspecified atom stereocenters. The average Bonchev–Trinajstić information content (AvgIpc) is 3.27. The molecule has 1 aromatic carbocycles. The molecule has 2 aromatic heterocycles. The third-order valence-corrected chi connectivity index (χ3v) is 5.27.